The maximum Gasteiger partial charge on any atom is 0.503 e. The van der Waals surface area contributed by atoms with Crippen LogP contribution in [0.25, 0.3) is 0 Å². The summed E-state index contributed by atoms with van der Waals surface area (Å²) in [5, 5.41) is 27.9. The Balaban J connectivity index is -0.000000179. The fourth-order valence-electron chi connectivity index (χ4n) is 0.642. The van der Waals surface area contributed by atoms with Crippen molar-refractivity contribution in [1.29, 1.82) is 0 Å². The van der Waals surface area contributed by atoms with Crippen LogP contribution in [0.1, 0.15) is 25.7 Å². The molecule has 0 aliphatic heterocycles. The molecule has 0 aliphatic rings. The molecule has 0 spiro atoms. The van der Waals surface area contributed by atoms with Crippen molar-refractivity contribution in [2.45, 2.75) is 25.7 Å². The Kier molecular flexibility index (Phi) is 23.8. The normalized spacial score (nSPS) is 7.88. The van der Waals surface area contributed by atoms with E-state index in [4.69, 9.17) is 41.5 Å². The van der Waals surface area contributed by atoms with Crippen molar-refractivity contribution >= 4 is 12.3 Å². The number of hydrogen-bond acceptors (Lipinski definition) is 4. The summed E-state index contributed by atoms with van der Waals surface area (Å²) in [6.07, 6.45) is 1.13. The van der Waals surface area contributed by atoms with Gasteiger partial charge in [0.05, 0.1) is 0 Å². The molecule has 0 unspecified atom stereocenters. The zero-order valence-electron chi connectivity index (χ0n) is 9.00. The van der Waals surface area contributed by atoms with Gasteiger partial charge in [-0.25, -0.2) is 9.59 Å². The lowest BCUT2D eigenvalue weighted by molar-refractivity contribution is 0.135. The Morgan fingerprint density at radius 3 is 1.00 bits per heavy atom. The average molecular weight is 240 g/mol. The van der Waals surface area contributed by atoms with E-state index in [1.807, 2.05) is 0 Å². The summed E-state index contributed by atoms with van der Waals surface area (Å²) in [7, 11) is 0. The van der Waals surface area contributed by atoms with Gasteiger partial charge in [0.25, 0.3) is 0 Å². The van der Waals surface area contributed by atoms with E-state index in [0.29, 0.717) is 0 Å². The van der Waals surface area contributed by atoms with E-state index in [0.717, 1.165) is 25.9 Å². The smallest absolute Gasteiger partial charge is 0.450 e. The van der Waals surface area contributed by atoms with Crippen LogP contribution in [0.3, 0.4) is 0 Å². The van der Waals surface area contributed by atoms with Crippen LogP contribution in [0.4, 0.5) is 9.59 Å². The summed E-state index contributed by atoms with van der Waals surface area (Å²) in [6, 6.07) is 0. The summed E-state index contributed by atoms with van der Waals surface area (Å²) in [5.74, 6) is 0. The number of unbranched alkanes of at least 4 members (excludes halogenated alkanes) is 3. The summed E-state index contributed by atoms with van der Waals surface area (Å²) in [4.78, 5) is 17.1. The molecule has 98 valence electrons. The minimum Gasteiger partial charge on any atom is -0.450 e. The maximum atomic E-state index is 8.56. The third kappa shape index (κ3) is 137. The number of nitrogens with two attached hydrogens (primary N) is 2. The summed E-state index contributed by atoms with van der Waals surface area (Å²) in [6.45, 7) is 1.65. The van der Waals surface area contributed by atoms with Crippen molar-refractivity contribution in [3.05, 3.63) is 0 Å². The first-order valence-electron chi connectivity index (χ1n) is 4.62. The molecule has 0 aromatic carbocycles. The molecule has 0 saturated heterocycles. The highest BCUT2D eigenvalue weighted by atomic mass is 16.6. The molecule has 0 aliphatic carbocycles. The third-order valence-corrected chi connectivity index (χ3v) is 1.16. The van der Waals surface area contributed by atoms with Crippen molar-refractivity contribution in [1.82, 2.24) is 0 Å². The van der Waals surface area contributed by atoms with Crippen LogP contribution in [-0.4, -0.2) is 45.8 Å². The van der Waals surface area contributed by atoms with E-state index in [9.17, 15) is 0 Å². The van der Waals surface area contributed by atoms with Gasteiger partial charge >= 0.3 is 12.3 Å². The molecule has 8 nitrogen and oxygen atoms in total. The van der Waals surface area contributed by atoms with E-state index in [-0.39, 0.29) is 0 Å². The van der Waals surface area contributed by atoms with Gasteiger partial charge in [-0.1, -0.05) is 12.8 Å². The lowest BCUT2D eigenvalue weighted by Crippen LogP contribution is -2.00. The molecular weight excluding hydrogens is 220 g/mol. The molecule has 0 rings (SSSR count). The van der Waals surface area contributed by atoms with E-state index >= 15 is 0 Å². The van der Waals surface area contributed by atoms with E-state index in [1.165, 1.54) is 12.8 Å². The Bertz CT molecular complexity index is 139. The summed E-state index contributed by atoms with van der Waals surface area (Å²) in [5.41, 5.74) is 10.6. The van der Waals surface area contributed by atoms with Gasteiger partial charge in [0.15, 0.2) is 0 Å². The van der Waals surface area contributed by atoms with Crippen LogP contribution in [0.2, 0.25) is 0 Å². The molecule has 0 aromatic heterocycles. The molecule has 16 heavy (non-hydrogen) atoms. The van der Waals surface area contributed by atoms with Crippen molar-refractivity contribution in [2.24, 2.45) is 11.5 Å². The largest absolute Gasteiger partial charge is 0.503 e. The molecular formula is C8H20N2O6. The number of rotatable bonds is 5. The third-order valence-electron chi connectivity index (χ3n) is 1.16. The van der Waals surface area contributed by atoms with Gasteiger partial charge in [-0.2, -0.15) is 0 Å². The molecule has 0 bridgehead atoms. The minimum absolute atomic E-state index is 0.824. The average Bonchev–Trinajstić information content (AvgIpc) is 2.11. The first kappa shape index (κ1) is 19.9. The summed E-state index contributed by atoms with van der Waals surface area (Å²) >= 11 is 0. The topological polar surface area (TPSA) is 167 Å². The van der Waals surface area contributed by atoms with E-state index < -0.39 is 12.3 Å². The Morgan fingerprint density at radius 1 is 0.688 bits per heavy atom. The van der Waals surface area contributed by atoms with Gasteiger partial charge in [-0.3, -0.25) is 0 Å². The molecule has 0 radical (unpaired) electrons. The predicted molar refractivity (Wildman–Crippen MR) is 57.9 cm³/mol. The number of hydrogen-bond donors (Lipinski definition) is 6. The first-order valence-corrected chi connectivity index (χ1v) is 4.62. The minimum atomic E-state index is -1.83. The Morgan fingerprint density at radius 2 is 0.875 bits per heavy atom. The zero-order chi connectivity index (χ0) is 13.4. The quantitative estimate of drug-likeness (QED) is 0.385. The van der Waals surface area contributed by atoms with Crippen molar-refractivity contribution in [3.63, 3.8) is 0 Å². The Hall–Kier alpha value is -1.54. The zero-order valence-corrected chi connectivity index (χ0v) is 9.00. The van der Waals surface area contributed by atoms with Crippen LogP contribution in [0.5, 0.6) is 0 Å². The van der Waals surface area contributed by atoms with Crippen molar-refractivity contribution in [2.75, 3.05) is 13.1 Å². The van der Waals surface area contributed by atoms with Gasteiger partial charge < -0.3 is 31.9 Å². The molecule has 0 aromatic rings. The number of carbonyl (C=O) groups is 2. The second-order valence-electron chi connectivity index (χ2n) is 2.56. The van der Waals surface area contributed by atoms with Crippen LogP contribution >= 0.6 is 0 Å². The van der Waals surface area contributed by atoms with Gasteiger partial charge in [0, 0.05) is 0 Å². The lowest BCUT2D eigenvalue weighted by Gasteiger charge is -1.94. The highest BCUT2D eigenvalue weighted by Gasteiger charge is 1.83. The fourth-order valence-corrected chi connectivity index (χ4v) is 0.642. The molecule has 0 amide bonds. The molecule has 0 saturated carbocycles. The fraction of sp³-hybridized carbons (Fsp3) is 0.750. The Labute approximate surface area is 93.5 Å². The number of carboxylic acid groups (broad SMARTS) is 4. The van der Waals surface area contributed by atoms with Crippen LogP contribution < -0.4 is 11.5 Å². The van der Waals surface area contributed by atoms with E-state index in [2.05, 4.69) is 0 Å². The van der Waals surface area contributed by atoms with Crippen LogP contribution in [0.15, 0.2) is 0 Å². The maximum absolute atomic E-state index is 8.56. The molecule has 0 atom stereocenters. The van der Waals surface area contributed by atoms with Gasteiger partial charge in [0.2, 0.25) is 0 Å². The SMILES string of the molecule is NCCCCCCN.O=C(O)O.O=C(O)O. The van der Waals surface area contributed by atoms with Crippen LogP contribution in [0, 0.1) is 0 Å². The predicted octanol–water partition coefficient (Wildman–Crippen LogP) is 0.909. The van der Waals surface area contributed by atoms with E-state index in [1.54, 1.807) is 0 Å². The highest BCUT2D eigenvalue weighted by Crippen LogP contribution is 1.95. The standard InChI is InChI=1S/C6H16N2.2CH2O3/c7-5-3-1-2-4-6-8;2*2-1(3)4/h1-8H2;2*(H2,2,3,4). The van der Waals surface area contributed by atoms with Crippen LogP contribution in [-0.2, 0) is 0 Å². The van der Waals surface area contributed by atoms with Crippen molar-refractivity contribution in [3.8, 4) is 0 Å². The molecule has 0 heterocycles. The molecule has 8 N–H and O–H groups in total. The second kappa shape index (κ2) is 19.1. The monoisotopic (exact) mass is 240 g/mol. The summed E-state index contributed by atoms with van der Waals surface area (Å²) < 4.78 is 0. The molecule has 8 heteroatoms. The highest BCUT2D eigenvalue weighted by molar-refractivity contribution is 5.53. The first-order chi connectivity index (χ1) is 7.38. The lowest BCUT2D eigenvalue weighted by atomic mass is 10.2. The van der Waals surface area contributed by atoms with Gasteiger partial charge in [-0.05, 0) is 25.9 Å². The molecule has 0 fully saturated rings. The van der Waals surface area contributed by atoms with Gasteiger partial charge in [0.1, 0.15) is 0 Å². The van der Waals surface area contributed by atoms with Crippen molar-refractivity contribution < 1.29 is 30.0 Å². The van der Waals surface area contributed by atoms with Gasteiger partial charge in [-0.15, -0.1) is 0 Å². The second-order valence-corrected chi connectivity index (χ2v) is 2.56.